The average molecular weight is 262 g/mol. The molecule has 100 valence electrons. The van der Waals surface area contributed by atoms with E-state index in [9.17, 15) is 9.18 Å². The van der Waals surface area contributed by atoms with Gasteiger partial charge in [0.1, 0.15) is 5.82 Å². The molecule has 2 rings (SSSR count). The largest absolute Gasteiger partial charge is 0.334 e. The summed E-state index contributed by atoms with van der Waals surface area (Å²) < 4.78 is 14.6. The lowest BCUT2D eigenvalue weighted by molar-refractivity contribution is 0.251. The second kappa shape index (κ2) is 5.51. The lowest BCUT2D eigenvalue weighted by atomic mass is 10.2. The molecule has 0 aliphatic heterocycles. The molecule has 19 heavy (non-hydrogen) atoms. The van der Waals surface area contributed by atoms with E-state index in [-0.39, 0.29) is 11.8 Å². The number of amides is 2. The van der Waals surface area contributed by atoms with Crippen LogP contribution < -0.4 is 10.6 Å². The highest BCUT2D eigenvalue weighted by atomic mass is 19.1. The summed E-state index contributed by atoms with van der Waals surface area (Å²) in [5.74, 6) is -0.388. The molecule has 0 unspecified atom stereocenters. The minimum absolute atomic E-state index is 0.376. The van der Waals surface area contributed by atoms with Crippen molar-refractivity contribution >= 4 is 11.7 Å². The van der Waals surface area contributed by atoms with E-state index in [1.54, 1.807) is 10.7 Å². The van der Waals surface area contributed by atoms with Crippen molar-refractivity contribution in [3.8, 4) is 0 Å². The van der Waals surface area contributed by atoms with Crippen molar-refractivity contribution in [2.45, 2.75) is 13.5 Å². The number of carbonyl (C=O) groups excluding carboxylic acids is 1. The van der Waals surface area contributed by atoms with Crippen LogP contribution >= 0.6 is 0 Å². The predicted molar refractivity (Wildman–Crippen MR) is 70.2 cm³/mol. The average Bonchev–Trinajstić information content (AvgIpc) is 2.65. The Balaban J connectivity index is 1.90. The van der Waals surface area contributed by atoms with Crippen molar-refractivity contribution in [3.63, 3.8) is 0 Å². The van der Waals surface area contributed by atoms with Gasteiger partial charge in [0.15, 0.2) is 0 Å². The van der Waals surface area contributed by atoms with E-state index >= 15 is 0 Å². The highest BCUT2D eigenvalue weighted by molar-refractivity contribution is 5.89. The lowest BCUT2D eigenvalue weighted by Gasteiger charge is -2.07. The first-order valence-corrected chi connectivity index (χ1v) is 5.84. The van der Waals surface area contributed by atoms with Crippen LogP contribution in [0.3, 0.4) is 0 Å². The standard InChI is InChI=1S/C13H15FN4O/c1-9-10(8-18(2)17-9)7-15-13(19)16-12-5-3-4-11(14)6-12/h3-6,8H,7H2,1-2H3,(H2,15,16,19). The number of halogens is 1. The molecule has 5 nitrogen and oxygen atoms in total. The summed E-state index contributed by atoms with van der Waals surface area (Å²) in [6, 6.07) is 5.36. The van der Waals surface area contributed by atoms with Gasteiger partial charge in [0.25, 0.3) is 0 Å². The van der Waals surface area contributed by atoms with Gasteiger partial charge in [-0.25, -0.2) is 9.18 Å². The molecule has 0 fully saturated rings. The maximum absolute atomic E-state index is 12.9. The first-order valence-electron chi connectivity index (χ1n) is 5.84. The Bertz CT molecular complexity index is 594. The van der Waals surface area contributed by atoms with Crippen LogP contribution in [0.1, 0.15) is 11.3 Å². The number of benzene rings is 1. The number of urea groups is 1. The molecule has 2 N–H and O–H groups in total. The van der Waals surface area contributed by atoms with E-state index in [1.165, 1.54) is 18.2 Å². The van der Waals surface area contributed by atoms with Gasteiger partial charge < -0.3 is 10.6 Å². The van der Waals surface area contributed by atoms with E-state index in [0.717, 1.165) is 11.3 Å². The first kappa shape index (κ1) is 13.1. The number of hydrogen-bond donors (Lipinski definition) is 2. The smallest absolute Gasteiger partial charge is 0.319 e. The number of rotatable bonds is 3. The Morgan fingerprint density at radius 1 is 1.47 bits per heavy atom. The fraction of sp³-hybridized carbons (Fsp3) is 0.231. The molecule has 0 aliphatic rings. The number of aryl methyl sites for hydroxylation is 2. The minimum Gasteiger partial charge on any atom is -0.334 e. The molecule has 0 radical (unpaired) electrons. The van der Waals surface area contributed by atoms with Crippen LogP contribution in [0.25, 0.3) is 0 Å². The number of hydrogen-bond acceptors (Lipinski definition) is 2. The molecule has 1 heterocycles. The van der Waals surface area contributed by atoms with E-state index < -0.39 is 0 Å². The summed E-state index contributed by atoms with van der Waals surface area (Å²) in [7, 11) is 1.82. The fourth-order valence-electron chi connectivity index (χ4n) is 1.74. The topological polar surface area (TPSA) is 59.0 Å². The number of carbonyl (C=O) groups is 1. The van der Waals surface area contributed by atoms with Gasteiger partial charge in [0.2, 0.25) is 0 Å². The third-order valence-electron chi connectivity index (χ3n) is 2.64. The van der Waals surface area contributed by atoms with Gasteiger partial charge in [-0.3, -0.25) is 4.68 Å². The summed E-state index contributed by atoms with van der Waals surface area (Å²) in [5.41, 5.74) is 2.23. The lowest BCUT2D eigenvalue weighted by Crippen LogP contribution is -2.28. The summed E-state index contributed by atoms with van der Waals surface area (Å²) in [4.78, 5) is 11.6. The monoisotopic (exact) mass is 262 g/mol. The van der Waals surface area contributed by atoms with Crippen molar-refractivity contribution in [1.29, 1.82) is 0 Å². The maximum Gasteiger partial charge on any atom is 0.319 e. The van der Waals surface area contributed by atoms with Gasteiger partial charge in [-0.05, 0) is 25.1 Å². The van der Waals surface area contributed by atoms with Crippen LogP contribution in [-0.4, -0.2) is 15.8 Å². The van der Waals surface area contributed by atoms with E-state index in [1.807, 2.05) is 20.2 Å². The van der Waals surface area contributed by atoms with Crippen molar-refractivity contribution < 1.29 is 9.18 Å². The van der Waals surface area contributed by atoms with Crippen LogP contribution in [0.5, 0.6) is 0 Å². The quantitative estimate of drug-likeness (QED) is 0.890. The predicted octanol–water partition coefficient (Wildman–Crippen LogP) is 2.19. The van der Waals surface area contributed by atoms with Gasteiger partial charge in [0.05, 0.1) is 5.69 Å². The number of anilines is 1. The van der Waals surface area contributed by atoms with Crippen molar-refractivity contribution in [1.82, 2.24) is 15.1 Å². The van der Waals surface area contributed by atoms with Crippen LogP contribution in [0, 0.1) is 12.7 Å². The number of nitrogens with zero attached hydrogens (tertiary/aromatic N) is 2. The Kier molecular flexibility index (Phi) is 3.79. The zero-order chi connectivity index (χ0) is 13.8. The molecular weight excluding hydrogens is 247 g/mol. The van der Waals surface area contributed by atoms with Gasteiger partial charge in [-0.1, -0.05) is 6.07 Å². The Hall–Kier alpha value is -2.37. The zero-order valence-corrected chi connectivity index (χ0v) is 10.8. The van der Waals surface area contributed by atoms with Crippen LogP contribution in [0.4, 0.5) is 14.9 Å². The molecule has 0 atom stereocenters. The molecule has 0 bridgehead atoms. The molecule has 0 spiro atoms. The van der Waals surface area contributed by atoms with Crippen molar-refractivity contribution in [3.05, 3.63) is 47.5 Å². The normalized spacial score (nSPS) is 10.3. The molecule has 1 aromatic carbocycles. The third kappa shape index (κ3) is 3.54. The molecule has 2 aromatic rings. The summed E-state index contributed by atoms with van der Waals surface area (Å²) in [5, 5.41) is 9.44. The Morgan fingerprint density at radius 3 is 2.89 bits per heavy atom. The molecule has 0 aliphatic carbocycles. The van der Waals surface area contributed by atoms with E-state index in [4.69, 9.17) is 0 Å². The van der Waals surface area contributed by atoms with Crippen LogP contribution in [0.2, 0.25) is 0 Å². The van der Waals surface area contributed by atoms with E-state index in [2.05, 4.69) is 15.7 Å². The fourth-order valence-corrected chi connectivity index (χ4v) is 1.74. The van der Waals surface area contributed by atoms with Gasteiger partial charge in [-0.2, -0.15) is 5.10 Å². The molecule has 0 saturated carbocycles. The molecule has 0 saturated heterocycles. The Labute approximate surface area is 110 Å². The summed E-state index contributed by atoms with van der Waals surface area (Å²) in [6.45, 7) is 2.25. The third-order valence-corrected chi connectivity index (χ3v) is 2.64. The molecule has 1 aromatic heterocycles. The Morgan fingerprint density at radius 2 is 2.26 bits per heavy atom. The van der Waals surface area contributed by atoms with E-state index in [0.29, 0.717) is 12.2 Å². The van der Waals surface area contributed by atoms with Gasteiger partial charge >= 0.3 is 6.03 Å². The van der Waals surface area contributed by atoms with Gasteiger partial charge in [-0.15, -0.1) is 0 Å². The minimum atomic E-state index is -0.388. The highest BCUT2D eigenvalue weighted by Gasteiger charge is 2.06. The second-order valence-electron chi connectivity index (χ2n) is 4.23. The number of nitrogens with one attached hydrogen (secondary N) is 2. The number of aromatic nitrogens is 2. The zero-order valence-electron chi connectivity index (χ0n) is 10.8. The van der Waals surface area contributed by atoms with Crippen LogP contribution in [0.15, 0.2) is 30.5 Å². The highest BCUT2D eigenvalue weighted by Crippen LogP contribution is 2.09. The molecule has 2 amide bonds. The van der Waals surface area contributed by atoms with Crippen molar-refractivity contribution in [2.75, 3.05) is 5.32 Å². The summed E-state index contributed by atoms with van der Waals surface area (Å²) >= 11 is 0. The van der Waals surface area contributed by atoms with Gasteiger partial charge in [0, 0.05) is 31.0 Å². The molecular formula is C13H15FN4O. The van der Waals surface area contributed by atoms with Crippen molar-refractivity contribution in [2.24, 2.45) is 7.05 Å². The molecule has 6 heteroatoms. The first-order chi connectivity index (χ1) is 9.04. The SMILES string of the molecule is Cc1nn(C)cc1CNC(=O)Nc1cccc(F)c1. The maximum atomic E-state index is 12.9. The van der Waals surface area contributed by atoms with Crippen LogP contribution in [-0.2, 0) is 13.6 Å². The second-order valence-corrected chi connectivity index (χ2v) is 4.23. The summed E-state index contributed by atoms with van der Waals surface area (Å²) in [6.07, 6.45) is 1.85.